The molecule has 2 aromatic heterocycles. The number of hydrogen-bond donors (Lipinski definition) is 1. The molecular weight excluding hydrogens is 350 g/mol. The molecule has 26 heavy (non-hydrogen) atoms. The van der Waals surface area contributed by atoms with Crippen LogP contribution in [0.3, 0.4) is 0 Å². The topological polar surface area (TPSA) is 76.5 Å². The second kappa shape index (κ2) is 9.12. The Hall–Kier alpha value is -1.95. The van der Waals surface area contributed by atoms with Gasteiger partial charge in [0.05, 0.1) is 17.9 Å². The van der Waals surface area contributed by atoms with E-state index in [2.05, 4.69) is 0 Å². The maximum Gasteiger partial charge on any atom is 0.313 e. The van der Waals surface area contributed by atoms with Gasteiger partial charge in [-0.3, -0.25) is 4.79 Å². The van der Waals surface area contributed by atoms with E-state index in [-0.39, 0.29) is 5.75 Å². The number of carbonyl (C=O) groups is 1. The van der Waals surface area contributed by atoms with Crippen LogP contribution >= 0.6 is 11.8 Å². The molecule has 1 N–H and O–H groups in total. The van der Waals surface area contributed by atoms with Crippen LogP contribution in [0, 0.1) is 6.92 Å². The van der Waals surface area contributed by atoms with Crippen LogP contribution in [0.4, 0.5) is 0 Å². The summed E-state index contributed by atoms with van der Waals surface area (Å²) in [5.41, 5.74) is 0.951. The molecule has 1 fully saturated rings. The van der Waals surface area contributed by atoms with Crippen LogP contribution in [-0.2, 0) is 11.2 Å². The standard InChI is InChI=1S/C20H25NO4S/c1-14-18(21-20(24-14)15-6-3-2-4-7-15)12-17-10-9-16(25-17)8-5-11-26-13-19(22)23/h5,8-10,15H,2-4,6-7,11-13H2,1H3,(H,22,23)/b8-5+. The van der Waals surface area contributed by atoms with Crippen molar-refractivity contribution in [3.63, 3.8) is 0 Å². The number of hydrogen-bond acceptors (Lipinski definition) is 5. The van der Waals surface area contributed by atoms with Gasteiger partial charge in [-0.2, -0.15) is 0 Å². The Kier molecular flexibility index (Phi) is 6.61. The third kappa shape index (κ3) is 5.27. The Balaban J connectivity index is 1.56. The van der Waals surface area contributed by atoms with E-state index in [1.165, 1.54) is 43.9 Å². The molecule has 2 heterocycles. The van der Waals surface area contributed by atoms with Crippen molar-refractivity contribution in [2.45, 2.75) is 51.4 Å². The lowest BCUT2D eigenvalue weighted by Crippen LogP contribution is -2.04. The highest BCUT2D eigenvalue weighted by atomic mass is 32.2. The number of carboxylic acid groups (broad SMARTS) is 1. The van der Waals surface area contributed by atoms with Crippen LogP contribution < -0.4 is 0 Å². The van der Waals surface area contributed by atoms with E-state index >= 15 is 0 Å². The zero-order chi connectivity index (χ0) is 18.4. The summed E-state index contributed by atoms with van der Waals surface area (Å²) in [7, 11) is 0. The third-order valence-electron chi connectivity index (χ3n) is 4.61. The quantitative estimate of drug-likeness (QED) is 0.651. The Morgan fingerprint density at radius 2 is 2.12 bits per heavy atom. The number of oxazole rings is 1. The van der Waals surface area contributed by atoms with Crippen LogP contribution in [0.15, 0.2) is 27.0 Å². The van der Waals surface area contributed by atoms with Crippen LogP contribution in [0.5, 0.6) is 0 Å². The lowest BCUT2D eigenvalue weighted by molar-refractivity contribution is -0.133. The highest BCUT2D eigenvalue weighted by Gasteiger charge is 2.22. The molecule has 1 aliphatic rings. The fraction of sp³-hybridized carbons (Fsp3) is 0.500. The number of aliphatic carboxylic acids is 1. The molecule has 1 aliphatic carbocycles. The van der Waals surface area contributed by atoms with Crippen molar-refractivity contribution in [3.8, 4) is 0 Å². The van der Waals surface area contributed by atoms with Gasteiger partial charge < -0.3 is 13.9 Å². The summed E-state index contributed by atoms with van der Waals surface area (Å²) in [5.74, 6) is 3.83. The number of carboxylic acids is 1. The Morgan fingerprint density at radius 1 is 1.31 bits per heavy atom. The SMILES string of the molecule is Cc1oc(C2CCCCC2)nc1Cc1ccc(/C=C/CSCC(=O)O)o1. The molecule has 0 atom stereocenters. The lowest BCUT2D eigenvalue weighted by Gasteiger charge is -2.17. The summed E-state index contributed by atoms with van der Waals surface area (Å²) in [6.07, 6.45) is 10.6. The van der Waals surface area contributed by atoms with E-state index in [1.807, 2.05) is 31.2 Å². The van der Waals surface area contributed by atoms with Crippen molar-refractivity contribution in [2.75, 3.05) is 11.5 Å². The van der Waals surface area contributed by atoms with E-state index in [1.54, 1.807) is 0 Å². The van der Waals surface area contributed by atoms with E-state index < -0.39 is 5.97 Å². The van der Waals surface area contributed by atoms with Gasteiger partial charge in [-0.05, 0) is 38.0 Å². The van der Waals surface area contributed by atoms with Crippen LogP contribution in [0.1, 0.15) is 66.9 Å². The minimum Gasteiger partial charge on any atom is -0.481 e. The summed E-state index contributed by atoms with van der Waals surface area (Å²) in [4.78, 5) is 15.2. The van der Waals surface area contributed by atoms with Crippen molar-refractivity contribution < 1.29 is 18.7 Å². The average Bonchev–Trinajstić information content (AvgIpc) is 3.22. The zero-order valence-electron chi connectivity index (χ0n) is 15.1. The van der Waals surface area contributed by atoms with Crippen molar-refractivity contribution in [1.82, 2.24) is 4.98 Å². The average molecular weight is 375 g/mol. The highest BCUT2D eigenvalue weighted by molar-refractivity contribution is 8.00. The van der Waals surface area contributed by atoms with Gasteiger partial charge in [-0.1, -0.05) is 25.3 Å². The molecule has 0 bridgehead atoms. The maximum absolute atomic E-state index is 10.5. The molecular formula is C20H25NO4S. The molecule has 0 spiro atoms. The largest absolute Gasteiger partial charge is 0.481 e. The number of furan rings is 1. The molecule has 0 aliphatic heterocycles. The molecule has 0 unspecified atom stereocenters. The first-order valence-electron chi connectivity index (χ1n) is 9.13. The monoisotopic (exact) mass is 375 g/mol. The van der Waals surface area contributed by atoms with Gasteiger partial charge in [-0.25, -0.2) is 4.98 Å². The van der Waals surface area contributed by atoms with Gasteiger partial charge in [0.15, 0.2) is 5.89 Å². The summed E-state index contributed by atoms with van der Waals surface area (Å²) >= 11 is 1.36. The third-order valence-corrected chi connectivity index (χ3v) is 5.49. The fourth-order valence-electron chi connectivity index (χ4n) is 3.26. The number of thioether (sulfide) groups is 1. The number of aromatic nitrogens is 1. The number of nitrogens with zero attached hydrogens (tertiary/aromatic N) is 1. The molecule has 0 aromatic carbocycles. The Morgan fingerprint density at radius 3 is 2.88 bits per heavy atom. The molecule has 2 aromatic rings. The van der Waals surface area contributed by atoms with Gasteiger partial charge in [0.1, 0.15) is 17.3 Å². The Labute approximate surface area is 157 Å². The van der Waals surface area contributed by atoms with Crippen molar-refractivity contribution in [3.05, 3.63) is 47.1 Å². The van der Waals surface area contributed by atoms with Crippen molar-refractivity contribution in [1.29, 1.82) is 0 Å². The first-order valence-corrected chi connectivity index (χ1v) is 10.3. The fourth-order valence-corrected chi connectivity index (χ4v) is 3.79. The first kappa shape index (κ1) is 18.8. The van der Waals surface area contributed by atoms with Gasteiger partial charge in [0.25, 0.3) is 0 Å². The van der Waals surface area contributed by atoms with Gasteiger partial charge in [0, 0.05) is 11.7 Å². The van der Waals surface area contributed by atoms with Crippen molar-refractivity contribution >= 4 is 23.8 Å². The second-order valence-corrected chi connectivity index (χ2v) is 7.71. The summed E-state index contributed by atoms with van der Waals surface area (Å²) < 4.78 is 11.8. The first-order chi connectivity index (χ1) is 12.6. The lowest BCUT2D eigenvalue weighted by atomic mass is 9.89. The predicted molar refractivity (Wildman–Crippen MR) is 103 cm³/mol. The van der Waals surface area contributed by atoms with Gasteiger partial charge >= 0.3 is 5.97 Å². The molecule has 140 valence electrons. The van der Waals surface area contributed by atoms with E-state index in [9.17, 15) is 4.79 Å². The summed E-state index contributed by atoms with van der Waals surface area (Å²) in [6, 6.07) is 3.88. The summed E-state index contributed by atoms with van der Waals surface area (Å²) in [5, 5.41) is 8.60. The predicted octanol–water partition coefficient (Wildman–Crippen LogP) is 5.05. The number of aryl methyl sites for hydroxylation is 1. The molecule has 5 nitrogen and oxygen atoms in total. The molecule has 3 rings (SSSR count). The molecule has 0 saturated heterocycles. The maximum atomic E-state index is 10.5. The van der Waals surface area contributed by atoms with E-state index in [4.69, 9.17) is 18.9 Å². The molecule has 1 saturated carbocycles. The second-order valence-electron chi connectivity index (χ2n) is 6.68. The highest BCUT2D eigenvalue weighted by Crippen LogP contribution is 2.33. The molecule has 6 heteroatoms. The van der Waals surface area contributed by atoms with E-state index in [0.717, 1.165) is 28.9 Å². The number of rotatable bonds is 8. The Bertz CT molecular complexity index is 756. The minimum absolute atomic E-state index is 0.114. The summed E-state index contributed by atoms with van der Waals surface area (Å²) in [6.45, 7) is 1.97. The van der Waals surface area contributed by atoms with Crippen LogP contribution in [0.2, 0.25) is 0 Å². The smallest absolute Gasteiger partial charge is 0.313 e. The van der Waals surface area contributed by atoms with Gasteiger partial charge in [-0.15, -0.1) is 11.8 Å². The van der Waals surface area contributed by atoms with Crippen LogP contribution in [0.25, 0.3) is 6.08 Å². The van der Waals surface area contributed by atoms with Crippen molar-refractivity contribution in [2.24, 2.45) is 0 Å². The zero-order valence-corrected chi connectivity index (χ0v) is 15.9. The van der Waals surface area contributed by atoms with E-state index in [0.29, 0.717) is 18.1 Å². The van der Waals surface area contributed by atoms with Gasteiger partial charge in [0.2, 0.25) is 0 Å². The minimum atomic E-state index is -0.792. The van der Waals surface area contributed by atoms with Crippen LogP contribution in [-0.4, -0.2) is 27.6 Å². The molecule has 0 radical (unpaired) electrons. The normalized spacial score (nSPS) is 15.7. The molecule has 0 amide bonds.